The summed E-state index contributed by atoms with van der Waals surface area (Å²) in [4.78, 5) is 12.1. The van der Waals surface area contributed by atoms with Gasteiger partial charge >= 0.3 is 6.16 Å². The van der Waals surface area contributed by atoms with E-state index in [-0.39, 0.29) is 6.10 Å². The Bertz CT molecular complexity index is 792. The molecule has 1 saturated heterocycles. The van der Waals surface area contributed by atoms with Crippen LogP contribution in [0.15, 0.2) is 36.0 Å². The van der Waals surface area contributed by atoms with Crippen LogP contribution in [0.3, 0.4) is 0 Å². The van der Waals surface area contributed by atoms with Crippen molar-refractivity contribution in [3.05, 3.63) is 36.0 Å². The molecule has 3 heteroatoms. The van der Waals surface area contributed by atoms with E-state index in [0.717, 1.165) is 37.2 Å². The minimum atomic E-state index is -0.542. The van der Waals surface area contributed by atoms with Crippen LogP contribution in [0.2, 0.25) is 0 Å². The Morgan fingerprint density at radius 2 is 1.91 bits per heavy atom. The van der Waals surface area contributed by atoms with Gasteiger partial charge in [-0.15, -0.1) is 0 Å². The minimum absolute atomic E-state index is 0.00602. The van der Waals surface area contributed by atoms with E-state index in [4.69, 9.17) is 9.47 Å². The van der Waals surface area contributed by atoms with Crippen LogP contribution in [-0.2, 0) is 9.47 Å². The third kappa shape index (κ3) is 4.33. The molecule has 0 N–H and O–H groups in total. The SMILES string of the molecule is C=C1CCC2CC1(CC=C1CCCC3(C)C1CCC3C(C)C=CC(C)C(C)C)OC(=O)O2. The van der Waals surface area contributed by atoms with E-state index in [0.29, 0.717) is 29.1 Å². The number of rotatable bonds is 6. The Balaban J connectivity index is 1.50. The molecule has 0 spiro atoms. The first-order chi connectivity index (χ1) is 15.1. The van der Waals surface area contributed by atoms with E-state index in [2.05, 4.69) is 59.4 Å². The molecule has 3 nitrogen and oxygen atoms in total. The van der Waals surface area contributed by atoms with Crippen molar-refractivity contribution >= 4 is 6.16 Å². The largest absolute Gasteiger partial charge is 0.509 e. The zero-order valence-corrected chi connectivity index (χ0v) is 21.0. The third-order valence-electron chi connectivity index (χ3n) is 9.65. The number of hydrogen-bond acceptors (Lipinski definition) is 3. The van der Waals surface area contributed by atoms with E-state index in [1.165, 1.54) is 32.1 Å². The highest BCUT2D eigenvalue weighted by Crippen LogP contribution is 2.60. The van der Waals surface area contributed by atoms with Crippen LogP contribution in [0, 0.1) is 35.0 Å². The molecule has 3 saturated carbocycles. The van der Waals surface area contributed by atoms with Crippen molar-refractivity contribution in [2.75, 3.05) is 0 Å². The predicted molar refractivity (Wildman–Crippen MR) is 130 cm³/mol. The van der Waals surface area contributed by atoms with Crippen molar-refractivity contribution in [2.45, 2.75) is 104 Å². The highest BCUT2D eigenvalue weighted by Gasteiger charge is 2.51. The van der Waals surface area contributed by atoms with Crippen molar-refractivity contribution in [1.29, 1.82) is 0 Å². The molecule has 4 fully saturated rings. The maximum Gasteiger partial charge on any atom is 0.509 e. The molecule has 4 rings (SSSR count). The molecule has 4 aliphatic rings. The second-order valence-electron chi connectivity index (χ2n) is 11.9. The first-order valence-electron chi connectivity index (χ1n) is 13.1. The fourth-order valence-corrected chi connectivity index (χ4v) is 7.17. The fourth-order valence-electron chi connectivity index (χ4n) is 7.17. The zero-order chi connectivity index (χ0) is 23.1. The summed E-state index contributed by atoms with van der Waals surface area (Å²) in [6.07, 6.45) is 16.6. The summed E-state index contributed by atoms with van der Waals surface area (Å²) < 4.78 is 11.2. The molecule has 1 aliphatic heterocycles. The van der Waals surface area contributed by atoms with Crippen molar-refractivity contribution in [2.24, 2.45) is 35.0 Å². The van der Waals surface area contributed by atoms with E-state index in [1.807, 2.05) is 0 Å². The summed E-state index contributed by atoms with van der Waals surface area (Å²) >= 11 is 0. The average Bonchev–Trinajstić information content (AvgIpc) is 3.10. The van der Waals surface area contributed by atoms with Crippen LogP contribution < -0.4 is 0 Å². The lowest BCUT2D eigenvalue weighted by atomic mass is 9.61. The average molecular weight is 441 g/mol. The van der Waals surface area contributed by atoms with E-state index >= 15 is 0 Å². The lowest BCUT2D eigenvalue weighted by molar-refractivity contribution is -0.112. The monoisotopic (exact) mass is 440 g/mol. The van der Waals surface area contributed by atoms with E-state index < -0.39 is 11.8 Å². The first kappa shape index (κ1) is 23.6. The molecule has 2 bridgehead atoms. The standard InChI is InChI=1S/C29H44O3/c1-19(2)20(3)9-10-21(4)25-13-14-26-23(8-7-16-28(25,26)6)15-17-29-18-24(12-11-22(29)5)31-27(30)32-29/h9-10,15,19-21,24-26H,5,7-8,11-14,16-18H2,1-4,6H3. The Hall–Kier alpha value is -1.51. The summed E-state index contributed by atoms with van der Waals surface area (Å²) in [5.41, 5.74) is 2.52. The fraction of sp³-hybridized carbons (Fsp3) is 0.759. The quantitative estimate of drug-likeness (QED) is 0.310. The second kappa shape index (κ2) is 9.03. The molecule has 7 atom stereocenters. The van der Waals surface area contributed by atoms with Gasteiger partial charge in [-0.2, -0.15) is 0 Å². The maximum atomic E-state index is 12.1. The van der Waals surface area contributed by atoms with Crippen molar-refractivity contribution in [1.82, 2.24) is 0 Å². The van der Waals surface area contributed by atoms with E-state index in [9.17, 15) is 4.79 Å². The van der Waals surface area contributed by atoms with Crippen LogP contribution in [0.5, 0.6) is 0 Å². The lowest BCUT2D eigenvalue weighted by Crippen LogP contribution is -2.49. The van der Waals surface area contributed by atoms with Crippen LogP contribution in [0.1, 0.15) is 92.4 Å². The number of fused-ring (bicyclic) bond motifs is 3. The topological polar surface area (TPSA) is 35.5 Å². The Labute approximate surface area is 195 Å². The normalized spacial score (nSPS) is 40.3. The maximum absolute atomic E-state index is 12.1. The summed E-state index contributed by atoms with van der Waals surface area (Å²) in [7, 11) is 0. The van der Waals surface area contributed by atoms with Gasteiger partial charge in [-0.25, -0.2) is 4.79 Å². The molecular weight excluding hydrogens is 396 g/mol. The second-order valence-corrected chi connectivity index (χ2v) is 11.9. The van der Waals surface area contributed by atoms with Gasteiger partial charge in [-0.3, -0.25) is 0 Å². The molecule has 1 heterocycles. The number of carbonyl (C=O) groups excluding carboxylic acids is 1. The molecule has 32 heavy (non-hydrogen) atoms. The van der Waals surface area contributed by atoms with Gasteiger partial charge in [0.25, 0.3) is 0 Å². The Morgan fingerprint density at radius 1 is 1.12 bits per heavy atom. The summed E-state index contributed by atoms with van der Waals surface area (Å²) in [6, 6.07) is 0. The van der Waals surface area contributed by atoms with Gasteiger partial charge in [0.1, 0.15) is 11.7 Å². The van der Waals surface area contributed by atoms with Gasteiger partial charge in [0.2, 0.25) is 0 Å². The highest BCUT2D eigenvalue weighted by atomic mass is 16.7. The molecule has 0 aromatic rings. The molecule has 0 aromatic heterocycles. The number of hydrogen-bond donors (Lipinski definition) is 0. The number of allylic oxidation sites excluding steroid dienone is 3. The van der Waals surface area contributed by atoms with Gasteiger partial charge in [0.05, 0.1) is 0 Å². The van der Waals surface area contributed by atoms with E-state index in [1.54, 1.807) is 5.57 Å². The van der Waals surface area contributed by atoms with Crippen LogP contribution in [0.25, 0.3) is 0 Å². The lowest BCUT2D eigenvalue weighted by Gasteiger charge is -2.46. The molecular formula is C29H44O3. The van der Waals surface area contributed by atoms with Gasteiger partial charge in [-0.05, 0) is 85.5 Å². The Kier molecular flexibility index (Phi) is 6.67. The van der Waals surface area contributed by atoms with Crippen LogP contribution in [0.4, 0.5) is 4.79 Å². The summed E-state index contributed by atoms with van der Waals surface area (Å²) in [5.74, 6) is 3.37. The third-order valence-corrected chi connectivity index (χ3v) is 9.65. The number of carbonyl (C=O) groups is 1. The van der Waals surface area contributed by atoms with Gasteiger partial charge in [0, 0.05) is 12.8 Å². The first-order valence-corrected chi connectivity index (χ1v) is 13.1. The number of ether oxygens (including phenoxy) is 2. The predicted octanol–water partition coefficient (Wildman–Crippen LogP) is 8.02. The minimum Gasteiger partial charge on any atom is -0.431 e. The molecule has 0 radical (unpaired) electrons. The smallest absolute Gasteiger partial charge is 0.431 e. The van der Waals surface area contributed by atoms with Crippen molar-refractivity contribution in [3.8, 4) is 0 Å². The summed E-state index contributed by atoms with van der Waals surface area (Å²) in [5, 5.41) is 0. The Morgan fingerprint density at radius 3 is 2.66 bits per heavy atom. The van der Waals surface area contributed by atoms with Gasteiger partial charge in [0.15, 0.2) is 0 Å². The molecule has 3 aliphatic carbocycles. The van der Waals surface area contributed by atoms with Gasteiger partial charge < -0.3 is 9.47 Å². The van der Waals surface area contributed by atoms with Crippen LogP contribution in [-0.4, -0.2) is 17.9 Å². The van der Waals surface area contributed by atoms with Crippen LogP contribution >= 0.6 is 0 Å². The zero-order valence-electron chi connectivity index (χ0n) is 21.0. The van der Waals surface area contributed by atoms with Crippen molar-refractivity contribution in [3.63, 3.8) is 0 Å². The summed E-state index contributed by atoms with van der Waals surface area (Å²) in [6.45, 7) is 16.2. The molecule has 7 unspecified atom stereocenters. The van der Waals surface area contributed by atoms with Gasteiger partial charge in [-0.1, -0.05) is 65.0 Å². The molecule has 0 amide bonds. The molecule has 0 aromatic carbocycles. The highest BCUT2D eigenvalue weighted by molar-refractivity contribution is 5.63. The van der Waals surface area contributed by atoms with Crippen molar-refractivity contribution < 1.29 is 14.3 Å². The molecule has 178 valence electrons.